The minimum absolute atomic E-state index is 0.0137. The van der Waals surface area contributed by atoms with Crippen LogP contribution in [0.2, 0.25) is 0 Å². The maximum Gasteiger partial charge on any atom is 0.161 e. The number of carbonyl (C=O) groups is 1. The number of nitrogens with two attached hydrogens (primary N) is 1. The van der Waals surface area contributed by atoms with E-state index in [4.69, 9.17) is 5.73 Å². The topological polar surface area (TPSA) is 55.1 Å². The lowest BCUT2D eigenvalue weighted by molar-refractivity contribution is 0.101. The van der Waals surface area contributed by atoms with Gasteiger partial charge in [0.05, 0.1) is 0 Å². The van der Waals surface area contributed by atoms with Gasteiger partial charge in [-0.2, -0.15) is 0 Å². The van der Waals surface area contributed by atoms with Crippen molar-refractivity contribution < 1.29 is 4.79 Å². The summed E-state index contributed by atoms with van der Waals surface area (Å²) in [4.78, 5) is 11.3. The van der Waals surface area contributed by atoms with Crippen molar-refractivity contribution in [1.29, 1.82) is 0 Å². The van der Waals surface area contributed by atoms with E-state index in [1.807, 2.05) is 24.3 Å². The predicted octanol–water partition coefficient (Wildman–Crippen LogP) is 3.64. The highest BCUT2D eigenvalue weighted by Crippen LogP contribution is 2.23. The third-order valence-electron chi connectivity index (χ3n) is 3.11. The number of anilines is 2. The summed E-state index contributed by atoms with van der Waals surface area (Å²) in [5.41, 5.74) is 9.08. The molecule has 0 saturated carbocycles. The Bertz CT molecular complexity index is 579. The Balaban J connectivity index is 2.16. The molecule has 2 aromatic carbocycles. The highest BCUT2D eigenvalue weighted by atomic mass is 16.1. The van der Waals surface area contributed by atoms with Gasteiger partial charge in [-0.3, -0.25) is 4.79 Å². The molecule has 0 aliphatic carbocycles. The Hall–Kier alpha value is -2.29. The second kappa shape index (κ2) is 5.57. The van der Waals surface area contributed by atoms with Gasteiger partial charge in [0, 0.05) is 23.0 Å². The smallest absolute Gasteiger partial charge is 0.161 e. The van der Waals surface area contributed by atoms with Crippen molar-refractivity contribution in [3.05, 3.63) is 59.7 Å². The van der Waals surface area contributed by atoms with Crippen LogP contribution in [0.4, 0.5) is 11.4 Å². The molecule has 0 spiro atoms. The van der Waals surface area contributed by atoms with Gasteiger partial charge >= 0.3 is 0 Å². The van der Waals surface area contributed by atoms with Gasteiger partial charge in [0.25, 0.3) is 0 Å². The van der Waals surface area contributed by atoms with Crippen molar-refractivity contribution in [2.24, 2.45) is 0 Å². The molecule has 0 bridgehead atoms. The van der Waals surface area contributed by atoms with E-state index >= 15 is 0 Å². The van der Waals surface area contributed by atoms with Gasteiger partial charge in [0.1, 0.15) is 0 Å². The molecule has 0 saturated heterocycles. The molecule has 98 valence electrons. The SMILES string of the molecule is CC(=O)c1ccc(NC(C)c2ccccc2)cc1N. The first-order valence-corrected chi connectivity index (χ1v) is 6.30. The average Bonchev–Trinajstić information content (AvgIpc) is 2.39. The van der Waals surface area contributed by atoms with Crippen molar-refractivity contribution in [2.45, 2.75) is 19.9 Å². The van der Waals surface area contributed by atoms with E-state index in [1.165, 1.54) is 12.5 Å². The number of carbonyl (C=O) groups excluding carboxylic acids is 1. The van der Waals surface area contributed by atoms with Gasteiger partial charge in [0.2, 0.25) is 0 Å². The monoisotopic (exact) mass is 254 g/mol. The molecule has 0 heterocycles. The van der Waals surface area contributed by atoms with Crippen molar-refractivity contribution in [1.82, 2.24) is 0 Å². The quantitative estimate of drug-likeness (QED) is 0.647. The molecule has 19 heavy (non-hydrogen) atoms. The molecule has 0 aliphatic rings. The second-order valence-corrected chi connectivity index (χ2v) is 4.63. The van der Waals surface area contributed by atoms with Gasteiger partial charge in [-0.1, -0.05) is 30.3 Å². The zero-order chi connectivity index (χ0) is 13.8. The molecular weight excluding hydrogens is 236 g/mol. The average molecular weight is 254 g/mol. The van der Waals surface area contributed by atoms with Crippen LogP contribution in [0.25, 0.3) is 0 Å². The molecule has 0 aromatic heterocycles. The van der Waals surface area contributed by atoms with Crippen LogP contribution in [0, 0.1) is 0 Å². The van der Waals surface area contributed by atoms with Crippen LogP contribution in [0.15, 0.2) is 48.5 Å². The number of hydrogen-bond donors (Lipinski definition) is 2. The lowest BCUT2D eigenvalue weighted by Crippen LogP contribution is -2.07. The van der Waals surface area contributed by atoms with E-state index in [9.17, 15) is 4.79 Å². The Morgan fingerprint density at radius 2 is 1.84 bits per heavy atom. The van der Waals surface area contributed by atoms with Gasteiger partial charge < -0.3 is 11.1 Å². The van der Waals surface area contributed by atoms with Crippen LogP contribution in [0.1, 0.15) is 35.8 Å². The van der Waals surface area contributed by atoms with Gasteiger partial charge in [-0.05, 0) is 37.6 Å². The lowest BCUT2D eigenvalue weighted by Gasteiger charge is -2.16. The largest absolute Gasteiger partial charge is 0.398 e. The standard InChI is InChI=1S/C16H18N2O/c1-11(13-6-4-3-5-7-13)18-14-8-9-15(12(2)19)16(17)10-14/h3-11,18H,17H2,1-2H3. The first-order valence-electron chi connectivity index (χ1n) is 6.30. The maximum absolute atomic E-state index is 11.3. The summed E-state index contributed by atoms with van der Waals surface area (Å²) in [5.74, 6) is -0.0137. The summed E-state index contributed by atoms with van der Waals surface area (Å²) in [6, 6.07) is 15.8. The second-order valence-electron chi connectivity index (χ2n) is 4.63. The van der Waals surface area contributed by atoms with Crippen molar-refractivity contribution in [3.63, 3.8) is 0 Å². The third-order valence-corrected chi connectivity index (χ3v) is 3.11. The Kier molecular flexibility index (Phi) is 3.85. The number of Topliss-reactive ketones (excluding diaryl/α,β-unsaturated/α-hetero) is 1. The minimum atomic E-state index is -0.0137. The lowest BCUT2D eigenvalue weighted by atomic mass is 10.1. The van der Waals surface area contributed by atoms with Gasteiger partial charge in [0.15, 0.2) is 5.78 Å². The molecule has 0 aliphatic heterocycles. The van der Waals surface area contributed by atoms with E-state index in [2.05, 4.69) is 24.4 Å². The van der Waals surface area contributed by atoms with Crippen LogP contribution in [-0.4, -0.2) is 5.78 Å². The molecule has 2 rings (SSSR count). The highest BCUT2D eigenvalue weighted by Gasteiger charge is 2.08. The number of nitrogens with one attached hydrogen (secondary N) is 1. The van der Waals surface area contributed by atoms with E-state index in [0.29, 0.717) is 11.3 Å². The van der Waals surface area contributed by atoms with Crippen molar-refractivity contribution >= 4 is 17.2 Å². The number of rotatable bonds is 4. The fraction of sp³-hybridized carbons (Fsp3) is 0.188. The van der Waals surface area contributed by atoms with Crippen LogP contribution < -0.4 is 11.1 Å². The van der Waals surface area contributed by atoms with Crippen LogP contribution >= 0.6 is 0 Å². The zero-order valence-electron chi connectivity index (χ0n) is 11.2. The Morgan fingerprint density at radius 1 is 1.16 bits per heavy atom. The summed E-state index contributed by atoms with van der Waals surface area (Å²) in [6.45, 7) is 3.61. The molecular formula is C16H18N2O. The van der Waals surface area contributed by atoms with Gasteiger partial charge in [-0.25, -0.2) is 0 Å². The summed E-state index contributed by atoms with van der Waals surface area (Å²) >= 11 is 0. The fourth-order valence-corrected chi connectivity index (χ4v) is 2.05. The van der Waals surface area contributed by atoms with E-state index in [0.717, 1.165) is 5.69 Å². The van der Waals surface area contributed by atoms with Crippen molar-refractivity contribution in [3.8, 4) is 0 Å². The summed E-state index contributed by atoms with van der Waals surface area (Å²) < 4.78 is 0. The molecule has 2 aromatic rings. The summed E-state index contributed by atoms with van der Waals surface area (Å²) in [5, 5.41) is 3.37. The molecule has 3 N–H and O–H groups in total. The minimum Gasteiger partial charge on any atom is -0.398 e. The normalized spacial score (nSPS) is 11.9. The summed E-state index contributed by atoms with van der Waals surface area (Å²) in [7, 11) is 0. The molecule has 1 unspecified atom stereocenters. The molecule has 3 nitrogen and oxygen atoms in total. The number of benzene rings is 2. The van der Waals surface area contributed by atoms with E-state index in [-0.39, 0.29) is 11.8 Å². The highest BCUT2D eigenvalue weighted by molar-refractivity contribution is 5.99. The summed E-state index contributed by atoms with van der Waals surface area (Å²) in [6.07, 6.45) is 0. The number of ketones is 1. The molecule has 0 radical (unpaired) electrons. The number of nitrogen functional groups attached to an aromatic ring is 1. The van der Waals surface area contributed by atoms with Crippen LogP contribution in [0.3, 0.4) is 0 Å². The Labute approximate surface area is 113 Å². The Morgan fingerprint density at radius 3 is 2.42 bits per heavy atom. The molecule has 1 atom stereocenters. The van der Waals surface area contributed by atoms with E-state index < -0.39 is 0 Å². The molecule has 0 fully saturated rings. The van der Waals surface area contributed by atoms with E-state index in [1.54, 1.807) is 12.1 Å². The fourth-order valence-electron chi connectivity index (χ4n) is 2.05. The van der Waals surface area contributed by atoms with Crippen molar-refractivity contribution in [2.75, 3.05) is 11.1 Å². The predicted molar refractivity (Wildman–Crippen MR) is 79.3 cm³/mol. The van der Waals surface area contributed by atoms with Crippen LogP contribution in [-0.2, 0) is 0 Å². The maximum atomic E-state index is 11.3. The first kappa shape index (κ1) is 13.1. The molecule has 3 heteroatoms. The molecule has 0 amide bonds. The number of hydrogen-bond acceptors (Lipinski definition) is 3. The van der Waals surface area contributed by atoms with Gasteiger partial charge in [-0.15, -0.1) is 0 Å². The van der Waals surface area contributed by atoms with Crippen LogP contribution in [0.5, 0.6) is 0 Å². The zero-order valence-corrected chi connectivity index (χ0v) is 11.2. The third kappa shape index (κ3) is 3.13. The first-order chi connectivity index (χ1) is 9.08.